The lowest BCUT2D eigenvalue weighted by Gasteiger charge is -2.21. The molecule has 0 aliphatic carbocycles. The molecule has 112 valence electrons. The highest BCUT2D eigenvalue weighted by Crippen LogP contribution is 2.26. The van der Waals surface area contributed by atoms with Crippen LogP contribution in [0.2, 0.25) is 0 Å². The number of carboxylic acid groups (broad SMARTS) is 1. The van der Waals surface area contributed by atoms with Crippen molar-refractivity contribution in [3.63, 3.8) is 0 Å². The zero-order valence-corrected chi connectivity index (χ0v) is 13.0. The summed E-state index contributed by atoms with van der Waals surface area (Å²) in [6, 6.07) is 0.487. The lowest BCUT2D eigenvalue weighted by Crippen LogP contribution is -2.37. The maximum absolute atomic E-state index is 12.3. The maximum Gasteiger partial charge on any atom is 0.345 e. The largest absolute Gasteiger partial charge is 0.477 e. The van der Waals surface area contributed by atoms with Crippen LogP contribution in [0.1, 0.15) is 16.1 Å². The molecule has 2 rings (SSSR count). The Morgan fingerprint density at radius 1 is 1.50 bits per heavy atom. The van der Waals surface area contributed by atoms with Gasteiger partial charge in [-0.2, -0.15) is 4.31 Å². The van der Waals surface area contributed by atoms with E-state index in [0.29, 0.717) is 0 Å². The fourth-order valence-corrected chi connectivity index (χ4v) is 6.34. The molecular weight excluding hydrogens is 326 g/mol. The summed E-state index contributed by atoms with van der Waals surface area (Å²) in [6.45, 7) is 0. The molecule has 1 saturated heterocycles. The molecule has 0 amide bonds. The molecule has 0 aromatic carbocycles. The van der Waals surface area contributed by atoms with Crippen molar-refractivity contribution < 1.29 is 26.7 Å². The lowest BCUT2D eigenvalue weighted by molar-refractivity contribution is 0.0702. The molecular formula is C10H13NO6S3. The molecule has 1 unspecified atom stereocenters. The molecule has 1 aromatic heterocycles. The standard InChI is InChI=1S/C10H13NO6S3/c1-11(7-2-3-19(14,15)6-7)20(16,17)8-4-9(10(12)13)18-5-8/h4-5,7H,2-3,6H2,1H3,(H,12,13). The van der Waals surface area contributed by atoms with E-state index >= 15 is 0 Å². The van der Waals surface area contributed by atoms with Crippen LogP contribution in [0.15, 0.2) is 16.3 Å². The Morgan fingerprint density at radius 3 is 2.60 bits per heavy atom. The van der Waals surface area contributed by atoms with Crippen LogP contribution in [0.25, 0.3) is 0 Å². The summed E-state index contributed by atoms with van der Waals surface area (Å²) < 4.78 is 48.5. The highest BCUT2D eigenvalue weighted by atomic mass is 32.2. The quantitative estimate of drug-likeness (QED) is 0.842. The second-order valence-corrected chi connectivity index (χ2v) is 9.67. The highest BCUT2D eigenvalue weighted by Gasteiger charge is 2.36. The summed E-state index contributed by atoms with van der Waals surface area (Å²) in [6.07, 6.45) is 0.258. The van der Waals surface area contributed by atoms with Gasteiger partial charge in [0.15, 0.2) is 9.84 Å². The molecule has 1 N–H and O–H groups in total. The van der Waals surface area contributed by atoms with Crippen molar-refractivity contribution in [1.82, 2.24) is 4.31 Å². The van der Waals surface area contributed by atoms with E-state index in [1.165, 1.54) is 12.4 Å². The summed E-state index contributed by atoms with van der Waals surface area (Å²) in [5.74, 6) is -1.41. The van der Waals surface area contributed by atoms with E-state index in [1.807, 2.05) is 0 Å². The fourth-order valence-electron chi connectivity index (χ4n) is 1.99. The summed E-state index contributed by atoms with van der Waals surface area (Å²) in [7, 11) is -5.74. The molecule has 1 aromatic rings. The number of sulfonamides is 1. The minimum Gasteiger partial charge on any atom is -0.477 e. The topological polar surface area (TPSA) is 109 Å². The van der Waals surface area contributed by atoms with Crippen LogP contribution < -0.4 is 0 Å². The Labute approximate surface area is 120 Å². The van der Waals surface area contributed by atoms with Gasteiger partial charge in [0.2, 0.25) is 10.0 Å². The third-order valence-electron chi connectivity index (χ3n) is 3.19. The van der Waals surface area contributed by atoms with Crippen molar-refractivity contribution in [1.29, 1.82) is 0 Å². The van der Waals surface area contributed by atoms with E-state index in [1.54, 1.807) is 0 Å². The minimum atomic E-state index is -3.87. The zero-order valence-electron chi connectivity index (χ0n) is 10.5. The normalized spacial score (nSPS) is 22.2. The van der Waals surface area contributed by atoms with Crippen molar-refractivity contribution in [3.05, 3.63) is 16.3 Å². The second-order valence-electron chi connectivity index (χ2n) is 4.53. The minimum absolute atomic E-state index is 0.0263. The zero-order chi connectivity index (χ0) is 15.1. The number of aromatic carboxylic acids is 1. The van der Waals surface area contributed by atoms with Gasteiger partial charge in [0.25, 0.3) is 0 Å². The molecule has 2 heterocycles. The van der Waals surface area contributed by atoms with Crippen molar-refractivity contribution in [2.24, 2.45) is 0 Å². The molecule has 7 nitrogen and oxygen atoms in total. The van der Waals surface area contributed by atoms with Crippen LogP contribution in [0.3, 0.4) is 0 Å². The third kappa shape index (κ3) is 2.87. The number of hydrogen-bond acceptors (Lipinski definition) is 6. The van der Waals surface area contributed by atoms with Crippen molar-refractivity contribution >= 4 is 37.2 Å². The number of rotatable bonds is 4. The average molecular weight is 339 g/mol. The Morgan fingerprint density at radius 2 is 2.15 bits per heavy atom. The number of nitrogens with zero attached hydrogens (tertiary/aromatic N) is 1. The molecule has 0 bridgehead atoms. The maximum atomic E-state index is 12.3. The first kappa shape index (κ1) is 15.4. The number of thiophene rings is 1. The molecule has 10 heteroatoms. The van der Waals surface area contributed by atoms with Gasteiger partial charge in [-0.05, 0) is 12.5 Å². The van der Waals surface area contributed by atoms with Gasteiger partial charge >= 0.3 is 5.97 Å². The molecule has 1 aliphatic rings. The SMILES string of the molecule is CN(C1CCS(=O)(=O)C1)S(=O)(=O)c1csc(C(=O)O)c1. The number of carbonyl (C=O) groups is 1. The van der Waals surface area contributed by atoms with Crippen LogP contribution in [-0.2, 0) is 19.9 Å². The first-order valence-electron chi connectivity index (χ1n) is 5.64. The number of carboxylic acids is 1. The first-order chi connectivity index (χ1) is 9.13. The highest BCUT2D eigenvalue weighted by molar-refractivity contribution is 7.92. The van der Waals surface area contributed by atoms with Gasteiger partial charge in [-0.3, -0.25) is 0 Å². The van der Waals surface area contributed by atoms with E-state index in [9.17, 15) is 21.6 Å². The van der Waals surface area contributed by atoms with Crippen LogP contribution in [-0.4, -0.2) is 56.8 Å². The monoisotopic (exact) mass is 339 g/mol. The molecule has 0 spiro atoms. The lowest BCUT2D eigenvalue weighted by atomic mass is 10.3. The predicted molar refractivity (Wildman–Crippen MR) is 73.3 cm³/mol. The summed E-state index contributed by atoms with van der Waals surface area (Å²) in [4.78, 5) is 10.6. The summed E-state index contributed by atoms with van der Waals surface area (Å²) in [5.41, 5.74) is 0. The van der Waals surface area contributed by atoms with E-state index < -0.39 is 31.9 Å². The summed E-state index contributed by atoms with van der Waals surface area (Å²) >= 11 is 0.821. The van der Waals surface area contributed by atoms with Crippen LogP contribution >= 0.6 is 11.3 Å². The van der Waals surface area contributed by atoms with Crippen LogP contribution in [0.4, 0.5) is 0 Å². The average Bonchev–Trinajstić information content (AvgIpc) is 2.94. The Hall–Kier alpha value is -0.970. The molecule has 20 heavy (non-hydrogen) atoms. The molecule has 1 atom stereocenters. The second kappa shape index (κ2) is 5.10. The van der Waals surface area contributed by atoms with E-state index in [-0.39, 0.29) is 27.7 Å². The Balaban J connectivity index is 2.28. The van der Waals surface area contributed by atoms with Gasteiger partial charge in [-0.15, -0.1) is 11.3 Å². The third-order valence-corrected chi connectivity index (χ3v) is 7.89. The van der Waals surface area contributed by atoms with Crippen LogP contribution in [0, 0.1) is 0 Å². The number of hydrogen-bond donors (Lipinski definition) is 1. The van der Waals surface area contributed by atoms with E-state index in [2.05, 4.69) is 0 Å². The Kier molecular flexibility index (Phi) is 3.93. The van der Waals surface area contributed by atoms with Gasteiger partial charge in [-0.25, -0.2) is 21.6 Å². The fraction of sp³-hybridized carbons (Fsp3) is 0.500. The number of sulfone groups is 1. The van der Waals surface area contributed by atoms with E-state index in [4.69, 9.17) is 5.11 Å². The predicted octanol–water partition coefficient (Wildman–Crippen LogP) is 0.254. The first-order valence-corrected chi connectivity index (χ1v) is 9.78. The van der Waals surface area contributed by atoms with Gasteiger partial charge in [-0.1, -0.05) is 0 Å². The van der Waals surface area contributed by atoms with Crippen molar-refractivity contribution in [3.8, 4) is 0 Å². The molecule has 1 fully saturated rings. The van der Waals surface area contributed by atoms with Crippen molar-refractivity contribution in [2.75, 3.05) is 18.6 Å². The summed E-state index contributed by atoms with van der Waals surface area (Å²) in [5, 5.41) is 10.1. The molecule has 0 saturated carbocycles. The van der Waals surface area contributed by atoms with Gasteiger partial charge in [0.05, 0.1) is 16.4 Å². The van der Waals surface area contributed by atoms with Gasteiger partial charge in [0, 0.05) is 18.5 Å². The molecule has 1 aliphatic heterocycles. The Bertz CT molecular complexity index is 733. The van der Waals surface area contributed by atoms with Crippen LogP contribution in [0.5, 0.6) is 0 Å². The molecule has 0 radical (unpaired) electrons. The van der Waals surface area contributed by atoms with E-state index in [0.717, 1.165) is 21.7 Å². The van der Waals surface area contributed by atoms with Crippen molar-refractivity contribution in [2.45, 2.75) is 17.4 Å². The van der Waals surface area contributed by atoms with Gasteiger partial charge < -0.3 is 5.11 Å². The smallest absolute Gasteiger partial charge is 0.345 e. The van der Waals surface area contributed by atoms with Gasteiger partial charge in [0.1, 0.15) is 4.88 Å².